The second kappa shape index (κ2) is 3.52. The van der Waals surface area contributed by atoms with Gasteiger partial charge in [-0.15, -0.1) is 0 Å². The van der Waals surface area contributed by atoms with Gasteiger partial charge in [-0.3, -0.25) is 5.10 Å². The molecule has 0 spiro atoms. The molecule has 86 valence electrons. The van der Waals surface area contributed by atoms with Crippen LogP contribution in [0, 0.1) is 11.8 Å². The Bertz CT molecular complexity index is 443. The number of ether oxygens (including phenoxy) is 1. The Labute approximate surface area is 99.2 Å². The minimum absolute atomic E-state index is 0.302. The summed E-state index contributed by atoms with van der Waals surface area (Å²) < 4.78 is 4.98. The molecule has 0 saturated heterocycles. The summed E-state index contributed by atoms with van der Waals surface area (Å²) in [6.07, 6.45) is 0.954. The average Bonchev–Trinajstić information content (AvgIpc) is 2.64. The molecule has 0 bridgehead atoms. The fourth-order valence-corrected chi connectivity index (χ4v) is 3.36. The van der Waals surface area contributed by atoms with Crippen molar-refractivity contribution in [3.63, 3.8) is 0 Å². The molecule has 1 heterocycles. The number of aromatic amines is 1. The number of aromatic nitrogens is 2. The standard InChI is InChI=1S/C11H14N2O2S/c1-2-15-11(14)10-6-3-5-7(4-16)8(5)9(6)12-13-10/h5,7-8,16H,2-4H2,1H3,(H,12,13)/t5-,7+,8-/m0/s1. The van der Waals surface area contributed by atoms with Gasteiger partial charge in [0.25, 0.3) is 0 Å². The maximum atomic E-state index is 11.6. The van der Waals surface area contributed by atoms with Crippen molar-refractivity contribution < 1.29 is 9.53 Å². The van der Waals surface area contributed by atoms with E-state index in [1.807, 2.05) is 0 Å². The van der Waals surface area contributed by atoms with E-state index in [1.54, 1.807) is 6.92 Å². The number of nitrogens with zero attached hydrogens (tertiary/aromatic N) is 1. The molecule has 4 nitrogen and oxygen atoms in total. The van der Waals surface area contributed by atoms with Gasteiger partial charge >= 0.3 is 5.97 Å². The van der Waals surface area contributed by atoms with Crippen LogP contribution in [0.4, 0.5) is 0 Å². The largest absolute Gasteiger partial charge is 0.461 e. The zero-order chi connectivity index (χ0) is 11.3. The van der Waals surface area contributed by atoms with Crippen molar-refractivity contribution in [1.82, 2.24) is 10.2 Å². The van der Waals surface area contributed by atoms with Crippen molar-refractivity contribution in [2.45, 2.75) is 19.3 Å². The summed E-state index contributed by atoms with van der Waals surface area (Å²) in [4.78, 5) is 11.6. The van der Waals surface area contributed by atoms with Crippen LogP contribution in [0.5, 0.6) is 0 Å². The number of carbonyl (C=O) groups is 1. The molecule has 0 aromatic carbocycles. The first-order valence-corrected chi connectivity index (χ1v) is 6.26. The molecule has 3 atom stereocenters. The van der Waals surface area contributed by atoms with Crippen molar-refractivity contribution in [2.24, 2.45) is 11.8 Å². The third-order valence-corrected chi connectivity index (χ3v) is 4.11. The third kappa shape index (κ3) is 1.24. The number of hydrogen-bond donors (Lipinski definition) is 2. The van der Waals surface area contributed by atoms with E-state index in [4.69, 9.17) is 4.74 Å². The first-order chi connectivity index (χ1) is 7.77. The molecule has 2 aliphatic rings. The predicted octanol–water partition coefficient (Wildman–Crippen LogP) is 1.40. The predicted molar refractivity (Wildman–Crippen MR) is 61.8 cm³/mol. The highest BCUT2D eigenvalue weighted by molar-refractivity contribution is 7.80. The highest BCUT2D eigenvalue weighted by Gasteiger charge is 2.57. The SMILES string of the molecule is CCOC(=O)c1n[nH]c2c1C[C@H]1[C@@H](CS)[C@@H]21. The van der Waals surface area contributed by atoms with Gasteiger partial charge in [-0.2, -0.15) is 17.7 Å². The van der Waals surface area contributed by atoms with Crippen molar-refractivity contribution in [3.8, 4) is 0 Å². The monoisotopic (exact) mass is 238 g/mol. The highest BCUT2D eigenvalue weighted by Crippen LogP contribution is 2.61. The summed E-state index contributed by atoms with van der Waals surface area (Å²) in [5, 5.41) is 7.07. The zero-order valence-electron chi connectivity index (χ0n) is 9.06. The van der Waals surface area contributed by atoms with Crippen LogP contribution in [0.25, 0.3) is 0 Å². The lowest BCUT2D eigenvalue weighted by Gasteiger charge is -2.02. The van der Waals surface area contributed by atoms with E-state index in [1.165, 1.54) is 0 Å². The molecule has 16 heavy (non-hydrogen) atoms. The molecule has 5 heteroatoms. The van der Waals surface area contributed by atoms with Crippen LogP contribution in [0.3, 0.4) is 0 Å². The van der Waals surface area contributed by atoms with Gasteiger partial charge in [0.1, 0.15) is 0 Å². The molecule has 0 amide bonds. The quantitative estimate of drug-likeness (QED) is 0.618. The lowest BCUT2D eigenvalue weighted by Crippen LogP contribution is -2.08. The summed E-state index contributed by atoms with van der Waals surface area (Å²) in [6.45, 7) is 2.20. The van der Waals surface area contributed by atoms with E-state index in [0.29, 0.717) is 30.1 Å². The molecule has 0 aliphatic heterocycles. The molecule has 2 aliphatic carbocycles. The van der Waals surface area contributed by atoms with E-state index in [-0.39, 0.29) is 5.97 Å². The van der Waals surface area contributed by atoms with Crippen molar-refractivity contribution in [2.75, 3.05) is 12.4 Å². The van der Waals surface area contributed by atoms with Gasteiger partial charge in [-0.05, 0) is 30.9 Å². The second-order valence-corrected chi connectivity index (χ2v) is 4.79. The van der Waals surface area contributed by atoms with Gasteiger partial charge in [0.15, 0.2) is 5.69 Å². The van der Waals surface area contributed by atoms with Crippen LogP contribution in [0.2, 0.25) is 0 Å². The number of thiol groups is 1. The Morgan fingerprint density at radius 1 is 1.69 bits per heavy atom. The first-order valence-electron chi connectivity index (χ1n) is 5.63. The van der Waals surface area contributed by atoms with Gasteiger partial charge in [-0.1, -0.05) is 0 Å². The van der Waals surface area contributed by atoms with Gasteiger partial charge < -0.3 is 4.74 Å². The van der Waals surface area contributed by atoms with Crippen molar-refractivity contribution in [3.05, 3.63) is 17.0 Å². The summed E-state index contributed by atoms with van der Waals surface area (Å²) in [7, 11) is 0. The van der Waals surface area contributed by atoms with Gasteiger partial charge in [0.2, 0.25) is 0 Å². The van der Waals surface area contributed by atoms with Crippen LogP contribution < -0.4 is 0 Å². The van der Waals surface area contributed by atoms with Gasteiger partial charge in [-0.25, -0.2) is 4.79 Å². The third-order valence-electron chi connectivity index (χ3n) is 3.68. The summed E-state index contributed by atoms with van der Waals surface area (Å²) in [5.74, 6) is 2.52. The minimum Gasteiger partial charge on any atom is -0.461 e. The lowest BCUT2D eigenvalue weighted by atomic mass is 10.1. The van der Waals surface area contributed by atoms with Crippen molar-refractivity contribution in [1.29, 1.82) is 0 Å². The van der Waals surface area contributed by atoms with E-state index in [2.05, 4.69) is 22.8 Å². The van der Waals surface area contributed by atoms with E-state index in [9.17, 15) is 4.79 Å². The average molecular weight is 238 g/mol. The van der Waals surface area contributed by atoms with Crippen LogP contribution in [-0.4, -0.2) is 28.5 Å². The Kier molecular flexibility index (Phi) is 2.24. The fraction of sp³-hybridized carbons (Fsp3) is 0.636. The van der Waals surface area contributed by atoms with Crippen LogP contribution in [-0.2, 0) is 11.2 Å². The number of hydrogen-bond acceptors (Lipinski definition) is 4. The number of carbonyl (C=O) groups excluding carboxylic acids is 1. The Hall–Kier alpha value is -0.970. The fourth-order valence-electron chi connectivity index (χ4n) is 2.87. The Balaban J connectivity index is 1.86. The van der Waals surface area contributed by atoms with Crippen LogP contribution in [0.15, 0.2) is 0 Å². The van der Waals surface area contributed by atoms with Gasteiger partial charge in [0, 0.05) is 17.2 Å². The van der Waals surface area contributed by atoms with E-state index in [0.717, 1.165) is 23.4 Å². The topological polar surface area (TPSA) is 55.0 Å². The maximum absolute atomic E-state index is 11.6. The smallest absolute Gasteiger partial charge is 0.359 e. The molecule has 3 rings (SSSR count). The molecule has 1 fully saturated rings. The van der Waals surface area contributed by atoms with Crippen LogP contribution >= 0.6 is 12.6 Å². The van der Waals surface area contributed by atoms with Crippen molar-refractivity contribution >= 4 is 18.6 Å². The molecule has 1 N–H and O–H groups in total. The molecular formula is C11H14N2O2S. The summed E-state index contributed by atoms with van der Waals surface area (Å²) in [6, 6.07) is 0. The second-order valence-electron chi connectivity index (χ2n) is 4.43. The lowest BCUT2D eigenvalue weighted by molar-refractivity contribution is 0.0518. The van der Waals surface area contributed by atoms with Crippen LogP contribution in [0.1, 0.15) is 34.6 Å². The number of esters is 1. The first kappa shape index (κ1) is 10.2. The number of rotatable bonds is 3. The highest BCUT2D eigenvalue weighted by atomic mass is 32.1. The van der Waals surface area contributed by atoms with E-state index >= 15 is 0 Å². The number of H-pyrrole nitrogens is 1. The normalized spacial score (nSPS) is 29.8. The molecule has 1 aromatic heterocycles. The molecular weight excluding hydrogens is 224 g/mol. The Morgan fingerprint density at radius 2 is 2.50 bits per heavy atom. The summed E-state index contributed by atoms with van der Waals surface area (Å²) in [5.41, 5.74) is 2.71. The van der Waals surface area contributed by atoms with E-state index < -0.39 is 0 Å². The summed E-state index contributed by atoms with van der Waals surface area (Å²) >= 11 is 4.33. The zero-order valence-corrected chi connectivity index (χ0v) is 9.96. The minimum atomic E-state index is -0.302. The molecule has 1 aromatic rings. The molecule has 1 saturated carbocycles. The molecule has 0 radical (unpaired) electrons. The van der Waals surface area contributed by atoms with Gasteiger partial charge in [0.05, 0.1) is 6.61 Å². The maximum Gasteiger partial charge on any atom is 0.359 e. The Morgan fingerprint density at radius 3 is 3.19 bits per heavy atom. The number of fused-ring (bicyclic) bond motifs is 3. The molecule has 0 unspecified atom stereocenters. The number of nitrogens with one attached hydrogen (secondary N) is 1.